The molecule has 0 radical (unpaired) electrons. The van der Waals surface area contributed by atoms with E-state index in [-0.39, 0.29) is 24.6 Å². The van der Waals surface area contributed by atoms with Crippen molar-refractivity contribution in [1.29, 1.82) is 0 Å². The van der Waals surface area contributed by atoms with E-state index >= 15 is 0 Å². The van der Waals surface area contributed by atoms with Gasteiger partial charge in [0, 0.05) is 0 Å². The highest BCUT2D eigenvalue weighted by molar-refractivity contribution is 9.10. The van der Waals surface area contributed by atoms with Crippen molar-refractivity contribution in [3.63, 3.8) is 0 Å². The number of rotatable bonds is 9. The fraction of sp³-hybridized carbons (Fsp3) is 0.242. The molecule has 1 aromatic heterocycles. The zero-order valence-corrected chi connectivity index (χ0v) is 26.6. The molecule has 7 nitrogen and oxygen atoms in total. The van der Waals surface area contributed by atoms with Crippen molar-refractivity contribution in [2.45, 2.75) is 40.3 Å². The number of hydrogen-bond donors (Lipinski definition) is 0. The molecule has 10 heteroatoms. The summed E-state index contributed by atoms with van der Waals surface area (Å²) < 4.78 is 33.5. The summed E-state index contributed by atoms with van der Waals surface area (Å²) in [6.45, 7) is 8.10. The highest BCUT2D eigenvalue weighted by atomic mass is 79.9. The fourth-order valence-electron chi connectivity index (χ4n) is 4.86. The number of hydrogen-bond acceptors (Lipinski definition) is 7. The Morgan fingerprint density at radius 3 is 2.53 bits per heavy atom. The second-order valence-corrected chi connectivity index (χ2v) is 11.8. The normalized spacial score (nSPS) is 14.7. The summed E-state index contributed by atoms with van der Waals surface area (Å²) in [5.41, 5.74) is 3.81. The van der Waals surface area contributed by atoms with Crippen LogP contribution in [0.3, 0.4) is 0 Å². The van der Waals surface area contributed by atoms with Gasteiger partial charge >= 0.3 is 5.97 Å². The summed E-state index contributed by atoms with van der Waals surface area (Å²) in [6.07, 6.45) is 1.77. The van der Waals surface area contributed by atoms with Gasteiger partial charge in [0.1, 0.15) is 12.4 Å². The van der Waals surface area contributed by atoms with Gasteiger partial charge in [-0.25, -0.2) is 14.2 Å². The molecular formula is C33H30BrFN2O5S. The van der Waals surface area contributed by atoms with Crippen molar-refractivity contribution in [3.8, 4) is 11.5 Å². The van der Waals surface area contributed by atoms with E-state index in [1.807, 2.05) is 44.2 Å². The van der Waals surface area contributed by atoms with E-state index in [1.165, 1.54) is 23.5 Å². The largest absolute Gasteiger partial charge is 0.490 e. The predicted molar refractivity (Wildman–Crippen MR) is 168 cm³/mol. The van der Waals surface area contributed by atoms with Crippen molar-refractivity contribution in [2.24, 2.45) is 4.99 Å². The number of halogens is 2. The summed E-state index contributed by atoms with van der Waals surface area (Å²) in [5.74, 6) is 0.114. The Bertz CT molecular complexity index is 1900. The van der Waals surface area contributed by atoms with Gasteiger partial charge in [-0.3, -0.25) is 9.36 Å². The molecule has 0 aliphatic carbocycles. The van der Waals surface area contributed by atoms with E-state index in [2.05, 4.69) is 20.9 Å². The monoisotopic (exact) mass is 664 g/mol. The maximum atomic E-state index is 14.0. The second kappa shape index (κ2) is 13.1. The number of aromatic nitrogens is 1. The van der Waals surface area contributed by atoms with Crippen LogP contribution in [0.25, 0.3) is 6.08 Å². The molecule has 0 amide bonds. The van der Waals surface area contributed by atoms with Crippen molar-refractivity contribution in [1.82, 2.24) is 4.57 Å². The van der Waals surface area contributed by atoms with Crippen LogP contribution in [0.1, 0.15) is 49.1 Å². The molecule has 0 fully saturated rings. The third kappa shape index (κ3) is 6.50. The molecule has 1 aliphatic rings. The highest BCUT2D eigenvalue weighted by Gasteiger charge is 2.33. The van der Waals surface area contributed by atoms with Gasteiger partial charge in [-0.2, -0.15) is 0 Å². The van der Waals surface area contributed by atoms with E-state index in [0.29, 0.717) is 54.3 Å². The van der Waals surface area contributed by atoms with Gasteiger partial charge in [-0.05, 0) is 90.7 Å². The lowest BCUT2D eigenvalue weighted by atomic mass is 9.95. The summed E-state index contributed by atoms with van der Waals surface area (Å²) in [5, 5.41) is 0. The van der Waals surface area contributed by atoms with E-state index in [4.69, 9.17) is 14.2 Å². The van der Waals surface area contributed by atoms with E-state index in [1.54, 1.807) is 42.7 Å². The Morgan fingerprint density at radius 2 is 1.84 bits per heavy atom. The minimum absolute atomic E-state index is 0.148. The molecule has 0 unspecified atom stereocenters. The fourth-order valence-corrected chi connectivity index (χ4v) is 6.48. The first-order valence-electron chi connectivity index (χ1n) is 13.8. The number of benzene rings is 3. The SMILES string of the molecule is CCOC(=O)C1=C(C)N=c2s/c(=C/c3cc(Br)c(OCc4cccc(F)c4)c(OCC)c3)c(=O)n2[C@@H]1c1ccc(C)cc1. The molecule has 1 atom stereocenters. The number of carbonyl (C=O) groups excluding carboxylic acids is 1. The number of nitrogens with zero attached hydrogens (tertiary/aromatic N) is 2. The Balaban J connectivity index is 1.58. The Morgan fingerprint density at radius 1 is 1.07 bits per heavy atom. The second-order valence-electron chi connectivity index (χ2n) is 9.89. The molecule has 0 spiro atoms. The topological polar surface area (TPSA) is 79.1 Å². The van der Waals surface area contributed by atoms with Crippen LogP contribution in [-0.2, 0) is 16.1 Å². The minimum atomic E-state index is -0.678. The van der Waals surface area contributed by atoms with Crippen LogP contribution in [0.5, 0.6) is 11.5 Å². The average molecular weight is 666 g/mol. The molecule has 1 aliphatic heterocycles. The number of aryl methyl sites for hydroxylation is 1. The lowest BCUT2D eigenvalue weighted by Gasteiger charge is -2.24. The van der Waals surface area contributed by atoms with Gasteiger partial charge in [0.05, 0.1) is 39.5 Å². The molecule has 43 heavy (non-hydrogen) atoms. The summed E-state index contributed by atoms with van der Waals surface area (Å²) in [7, 11) is 0. The van der Waals surface area contributed by atoms with Gasteiger partial charge in [-0.1, -0.05) is 53.3 Å². The van der Waals surface area contributed by atoms with Crippen LogP contribution < -0.4 is 24.4 Å². The lowest BCUT2D eigenvalue weighted by Crippen LogP contribution is -2.39. The van der Waals surface area contributed by atoms with Crippen LogP contribution in [0.4, 0.5) is 4.39 Å². The van der Waals surface area contributed by atoms with Crippen molar-refractivity contribution in [2.75, 3.05) is 13.2 Å². The van der Waals surface area contributed by atoms with Crippen LogP contribution in [0.15, 0.2) is 86.2 Å². The molecule has 0 N–H and O–H groups in total. The van der Waals surface area contributed by atoms with Gasteiger partial charge in [0.25, 0.3) is 5.56 Å². The van der Waals surface area contributed by atoms with Crippen molar-refractivity contribution >= 4 is 39.3 Å². The van der Waals surface area contributed by atoms with Crippen molar-refractivity contribution < 1.29 is 23.4 Å². The maximum absolute atomic E-state index is 14.0. The molecular weight excluding hydrogens is 635 g/mol. The van der Waals surface area contributed by atoms with Crippen molar-refractivity contribution in [3.05, 3.63) is 124 Å². The van der Waals surface area contributed by atoms with E-state index in [0.717, 1.165) is 11.1 Å². The zero-order chi connectivity index (χ0) is 30.7. The maximum Gasteiger partial charge on any atom is 0.338 e. The first-order chi connectivity index (χ1) is 20.7. The number of allylic oxidation sites excluding steroid dienone is 1. The predicted octanol–water partition coefficient (Wildman–Crippen LogP) is 5.99. The summed E-state index contributed by atoms with van der Waals surface area (Å²) in [6, 6.07) is 16.9. The first-order valence-corrected chi connectivity index (χ1v) is 15.4. The highest BCUT2D eigenvalue weighted by Crippen LogP contribution is 2.38. The molecule has 0 saturated carbocycles. The number of ether oxygens (including phenoxy) is 3. The van der Waals surface area contributed by atoms with Crippen LogP contribution in [0.2, 0.25) is 0 Å². The van der Waals surface area contributed by atoms with Gasteiger partial charge < -0.3 is 14.2 Å². The number of esters is 1. The van der Waals surface area contributed by atoms with Crippen LogP contribution >= 0.6 is 27.3 Å². The van der Waals surface area contributed by atoms with Gasteiger partial charge in [0.15, 0.2) is 16.3 Å². The lowest BCUT2D eigenvalue weighted by molar-refractivity contribution is -0.139. The first kappa shape index (κ1) is 30.4. The quantitative estimate of drug-likeness (QED) is 0.206. The molecule has 2 heterocycles. The Hall–Kier alpha value is -4.02. The third-order valence-corrected chi connectivity index (χ3v) is 8.38. The number of carbonyl (C=O) groups is 1. The molecule has 4 aromatic rings. The van der Waals surface area contributed by atoms with Gasteiger partial charge in [-0.15, -0.1) is 0 Å². The Labute approximate surface area is 260 Å². The third-order valence-electron chi connectivity index (χ3n) is 6.81. The molecule has 0 bridgehead atoms. The molecule has 222 valence electrons. The Kier molecular flexibility index (Phi) is 9.27. The van der Waals surface area contributed by atoms with Crippen LogP contribution in [-0.4, -0.2) is 23.8 Å². The number of fused-ring (bicyclic) bond motifs is 1. The summed E-state index contributed by atoms with van der Waals surface area (Å²) in [4.78, 5) is 32.2. The average Bonchev–Trinajstić information content (AvgIpc) is 3.26. The molecule has 5 rings (SSSR count). The zero-order valence-electron chi connectivity index (χ0n) is 24.1. The number of thiazole rings is 1. The smallest absolute Gasteiger partial charge is 0.338 e. The van der Waals surface area contributed by atoms with Gasteiger partial charge in [0.2, 0.25) is 0 Å². The van der Waals surface area contributed by atoms with E-state index in [9.17, 15) is 14.0 Å². The molecule has 3 aromatic carbocycles. The standard InChI is InChI=1S/C33H30BrFN2O5S/c1-5-40-26-16-22(15-25(34)30(26)42-18-21-8-7-9-24(35)14-21)17-27-31(38)37-29(23-12-10-19(3)11-13-23)28(32(39)41-6-2)20(4)36-33(37)43-27/h7-17,29H,5-6,18H2,1-4H3/b27-17+/t29-/m1/s1. The van der Waals surface area contributed by atoms with E-state index < -0.39 is 12.0 Å². The minimum Gasteiger partial charge on any atom is -0.490 e. The molecule has 0 saturated heterocycles. The summed E-state index contributed by atoms with van der Waals surface area (Å²) >= 11 is 4.83. The van der Waals surface area contributed by atoms with Crippen LogP contribution in [0, 0.1) is 12.7 Å².